The van der Waals surface area contributed by atoms with Crippen molar-refractivity contribution in [2.24, 2.45) is 11.7 Å². The summed E-state index contributed by atoms with van der Waals surface area (Å²) in [5, 5.41) is 8.19. The highest BCUT2D eigenvalue weighted by Crippen LogP contribution is 2.36. The maximum absolute atomic E-state index is 12.1. The number of imidazole rings is 1. The third-order valence-corrected chi connectivity index (χ3v) is 9.53. The Morgan fingerprint density at radius 3 is 2.54 bits per heavy atom. The molecule has 1 unspecified atom stereocenters. The highest BCUT2D eigenvalue weighted by Gasteiger charge is 2.32. The van der Waals surface area contributed by atoms with Crippen molar-refractivity contribution in [2.75, 3.05) is 34.8 Å². The topological polar surface area (TPSA) is 137 Å². The Morgan fingerprint density at radius 1 is 1.08 bits per heavy atom. The molecule has 206 valence electrons. The van der Waals surface area contributed by atoms with E-state index in [1.807, 2.05) is 33.6 Å². The summed E-state index contributed by atoms with van der Waals surface area (Å²) in [6.07, 6.45) is 7.70. The minimum Gasteiger partial charge on any atom is -0.339 e. The lowest BCUT2D eigenvalue weighted by atomic mass is 9.88. The molecule has 2 aliphatic rings. The molecular weight excluding hydrogens is 514 g/mol. The standard InChI is InChI=1S/C27H35N9O2S/c1-18(2)35-17-29-23-25(32-27(33-26(23)35)34-11-8-21(28)15-34)31-22-14-30-36(16-22)24(19-6-4-3-5-7-19)20-9-12-39(37,38)13-10-20/h3-7,14,16-18,20-21,24H,8-13,15,28H2,1-2H3,(H,31,32,33)/t21-,24?/m0/s1. The Labute approximate surface area is 228 Å². The number of hydrogen-bond donors (Lipinski definition) is 2. The van der Waals surface area contributed by atoms with Crippen LogP contribution in [0.15, 0.2) is 49.1 Å². The van der Waals surface area contributed by atoms with Crippen LogP contribution in [0.3, 0.4) is 0 Å². The van der Waals surface area contributed by atoms with E-state index in [4.69, 9.17) is 20.8 Å². The van der Waals surface area contributed by atoms with Gasteiger partial charge in [-0.05, 0) is 44.6 Å². The van der Waals surface area contributed by atoms with Gasteiger partial charge in [0.15, 0.2) is 17.0 Å². The molecule has 2 atom stereocenters. The molecule has 2 fully saturated rings. The first kappa shape index (κ1) is 25.8. The Balaban J connectivity index is 1.34. The fourth-order valence-electron chi connectivity index (χ4n) is 5.69. The molecule has 0 bridgehead atoms. The van der Waals surface area contributed by atoms with Gasteiger partial charge in [0.2, 0.25) is 5.95 Å². The summed E-state index contributed by atoms with van der Waals surface area (Å²) in [7, 11) is -2.97. The predicted octanol–water partition coefficient (Wildman–Crippen LogP) is 3.30. The van der Waals surface area contributed by atoms with Crippen LogP contribution in [0.4, 0.5) is 17.5 Å². The first-order valence-corrected chi connectivity index (χ1v) is 15.4. The van der Waals surface area contributed by atoms with Crippen LogP contribution in [-0.2, 0) is 9.84 Å². The summed E-state index contributed by atoms with van der Waals surface area (Å²) >= 11 is 0. The number of anilines is 3. The van der Waals surface area contributed by atoms with Gasteiger partial charge >= 0.3 is 0 Å². The van der Waals surface area contributed by atoms with Crippen molar-refractivity contribution < 1.29 is 8.42 Å². The van der Waals surface area contributed by atoms with E-state index in [2.05, 4.69) is 41.2 Å². The highest BCUT2D eigenvalue weighted by atomic mass is 32.2. The molecule has 4 aromatic rings. The fourth-order valence-corrected chi connectivity index (χ4v) is 7.21. The molecule has 3 N–H and O–H groups in total. The van der Waals surface area contributed by atoms with E-state index in [9.17, 15) is 8.42 Å². The zero-order valence-corrected chi connectivity index (χ0v) is 23.1. The molecule has 39 heavy (non-hydrogen) atoms. The molecule has 6 rings (SSSR count). The van der Waals surface area contributed by atoms with Gasteiger partial charge in [0.25, 0.3) is 0 Å². The van der Waals surface area contributed by atoms with Gasteiger partial charge in [0.1, 0.15) is 9.84 Å². The summed E-state index contributed by atoms with van der Waals surface area (Å²) in [6, 6.07) is 10.4. The fraction of sp³-hybridized carbons (Fsp3) is 0.481. The third-order valence-electron chi connectivity index (χ3n) is 7.81. The van der Waals surface area contributed by atoms with E-state index in [0.717, 1.165) is 29.9 Å². The average molecular weight is 550 g/mol. The van der Waals surface area contributed by atoms with E-state index in [0.29, 0.717) is 36.7 Å². The van der Waals surface area contributed by atoms with Crippen molar-refractivity contribution in [3.8, 4) is 0 Å². The number of aromatic nitrogens is 6. The minimum atomic E-state index is -2.97. The lowest BCUT2D eigenvalue weighted by Gasteiger charge is -2.30. The average Bonchev–Trinajstić information content (AvgIpc) is 3.66. The summed E-state index contributed by atoms with van der Waals surface area (Å²) in [5.41, 5.74) is 9.54. The van der Waals surface area contributed by atoms with Gasteiger partial charge in [-0.3, -0.25) is 4.68 Å². The first-order chi connectivity index (χ1) is 18.8. The van der Waals surface area contributed by atoms with Gasteiger partial charge in [-0.15, -0.1) is 0 Å². The van der Waals surface area contributed by atoms with Crippen LogP contribution >= 0.6 is 0 Å². The quantitative estimate of drug-likeness (QED) is 0.356. The van der Waals surface area contributed by atoms with Crippen LogP contribution in [0.25, 0.3) is 11.2 Å². The number of nitrogens with zero attached hydrogens (tertiary/aromatic N) is 7. The Hall–Kier alpha value is -3.51. The molecule has 2 aliphatic heterocycles. The molecular formula is C27H35N9O2S. The zero-order chi connectivity index (χ0) is 27.1. The number of fused-ring (bicyclic) bond motifs is 1. The van der Waals surface area contributed by atoms with Crippen molar-refractivity contribution in [1.29, 1.82) is 0 Å². The van der Waals surface area contributed by atoms with Crippen LogP contribution in [0.2, 0.25) is 0 Å². The molecule has 3 aromatic heterocycles. The van der Waals surface area contributed by atoms with Crippen molar-refractivity contribution in [3.63, 3.8) is 0 Å². The van der Waals surface area contributed by atoms with E-state index >= 15 is 0 Å². The highest BCUT2D eigenvalue weighted by molar-refractivity contribution is 7.91. The largest absolute Gasteiger partial charge is 0.339 e. The lowest BCUT2D eigenvalue weighted by molar-refractivity contribution is 0.326. The molecule has 2 saturated heterocycles. The van der Waals surface area contributed by atoms with E-state index < -0.39 is 9.84 Å². The van der Waals surface area contributed by atoms with Crippen molar-refractivity contribution in [2.45, 2.75) is 51.2 Å². The Bertz CT molecular complexity index is 1550. The van der Waals surface area contributed by atoms with Crippen molar-refractivity contribution in [1.82, 2.24) is 29.3 Å². The second kappa shape index (κ2) is 10.2. The van der Waals surface area contributed by atoms with Crippen LogP contribution in [-0.4, -0.2) is 68.4 Å². The molecule has 0 amide bonds. The van der Waals surface area contributed by atoms with Gasteiger partial charge in [-0.1, -0.05) is 30.3 Å². The van der Waals surface area contributed by atoms with E-state index in [1.165, 1.54) is 0 Å². The van der Waals surface area contributed by atoms with Crippen LogP contribution in [0, 0.1) is 5.92 Å². The summed E-state index contributed by atoms with van der Waals surface area (Å²) < 4.78 is 28.3. The number of benzene rings is 1. The molecule has 12 heteroatoms. The number of nitrogens with two attached hydrogens (primary N) is 1. The normalized spacial score (nSPS) is 20.6. The van der Waals surface area contributed by atoms with E-state index in [1.54, 1.807) is 12.5 Å². The molecule has 0 spiro atoms. The molecule has 0 saturated carbocycles. The van der Waals surface area contributed by atoms with Crippen molar-refractivity contribution >= 4 is 38.5 Å². The SMILES string of the molecule is CC(C)n1cnc2c(Nc3cnn(C(c4ccccc4)C4CCS(=O)(=O)CC4)c3)nc(N3CC[C@H](N)C3)nc21. The lowest BCUT2D eigenvalue weighted by Crippen LogP contribution is -2.30. The third kappa shape index (κ3) is 5.22. The molecule has 11 nitrogen and oxygen atoms in total. The summed E-state index contributed by atoms with van der Waals surface area (Å²) in [5.74, 6) is 1.86. The Kier molecular flexibility index (Phi) is 6.76. The molecule has 5 heterocycles. The predicted molar refractivity (Wildman–Crippen MR) is 152 cm³/mol. The van der Waals surface area contributed by atoms with Gasteiger partial charge in [0, 0.05) is 31.4 Å². The van der Waals surface area contributed by atoms with Crippen LogP contribution in [0.1, 0.15) is 50.8 Å². The van der Waals surface area contributed by atoms with Gasteiger partial charge in [0.05, 0.1) is 35.8 Å². The van der Waals surface area contributed by atoms with E-state index in [-0.39, 0.29) is 35.5 Å². The van der Waals surface area contributed by atoms with Crippen LogP contribution in [0.5, 0.6) is 0 Å². The number of nitrogens with one attached hydrogen (secondary N) is 1. The van der Waals surface area contributed by atoms with Crippen molar-refractivity contribution in [3.05, 3.63) is 54.6 Å². The molecule has 0 aliphatic carbocycles. The first-order valence-electron chi connectivity index (χ1n) is 13.6. The second-order valence-electron chi connectivity index (χ2n) is 11.0. The van der Waals surface area contributed by atoms with Gasteiger partial charge in [-0.25, -0.2) is 13.4 Å². The minimum absolute atomic E-state index is 0.0653. The van der Waals surface area contributed by atoms with Gasteiger partial charge in [-0.2, -0.15) is 15.1 Å². The molecule has 1 aromatic carbocycles. The number of sulfone groups is 1. The zero-order valence-electron chi connectivity index (χ0n) is 22.3. The number of hydrogen-bond acceptors (Lipinski definition) is 9. The molecule has 0 radical (unpaired) electrons. The van der Waals surface area contributed by atoms with Gasteiger partial charge < -0.3 is 20.5 Å². The van der Waals surface area contributed by atoms with Crippen LogP contribution < -0.4 is 16.0 Å². The maximum atomic E-state index is 12.1. The smallest absolute Gasteiger partial charge is 0.229 e. The second-order valence-corrected chi connectivity index (χ2v) is 13.3. The summed E-state index contributed by atoms with van der Waals surface area (Å²) in [6.45, 7) is 5.74. The Morgan fingerprint density at radius 2 is 1.85 bits per heavy atom. The maximum Gasteiger partial charge on any atom is 0.229 e. The monoisotopic (exact) mass is 549 g/mol. The number of rotatable bonds is 7. The summed E-state index contributed by atoms with van der Waals surface area (Å²) in [4.78, 5) is 16.5.